The van der Waals surface area contributed by atoms with Gasteiger partial charge in [0.2, 0.25) is 0 Å². The van der Waals surface area contributed by atoms with E-state index in [1.54, 1.807) is 0 Å². The van der Waals surface area contributed by atoms with Crippen molar-refractivity contribution in [3.63, 3.8) is 0 Å². The van der Waals surface area contributed by atoms with Gasteiger partial charge in [0.15, 0.2) is 5.96 Å². The number of rotatable bonds is 2. The van der Waals surface area contributed by atoms with E-state index >= 15 is 0 Å². The molecule has 0 amide bonds. The zero-order chi connectivity index (χ0) is 15.7. The van der Waals surface area contributed by atoms with Crippen LogP contribution in [0.25, 0.3) is 0 Å². The normalized spacial score (nSPS) is 21.1. The second-order valence-electron chi connectivity index (χ2n) is 5.87. The monoisotopic (exact) mass is 313 g/mol. The van der Waals surface area contributed by atoms with E-state index in [4.69, 9.17) is 17.3 Å². The Morgan fingerprint density at radius 2 is 1.86 bits per heavy atom. The Balaban J connectivity index is 1.90. The summed E-state index contributed by atoms with van der Waals surface area (Å²) in [6, 6.07) is 14.6. The third kappa shape index (κ3) is 3.09. The van der Waals surface area contributed by atoms with Crippen LogP contribution in [0.1, 0.15) is 40.8 Å². The first-order valence-corrected chi connectivity index (χ1v) is 7.83. The fourth-order valence-corrected chi connectivity index (χ4v) is 3.16. The van der Waals surface area contributed by atoms with Gasteiger partial charge >= 0.3 is 0 Å². The minimum absolute atomic E-state index is 0.0595. The van der Waals surface area contributed by atoms with Gasteiger partial charge in [0, 0.05) is 5.02 Å². The molecule has 2 aromatic rings. The first-order valence-electron chi connectivity index (χ1n) is 7.45. The van der Waals surface area contributed by atoms with Gasteiger partial charge in [-0.2, -0.15) is 0 Å². The van der Waals surface area contributed by atoms with Crippen molar-refractivity contribution >= 4 is 17.6 Å². The van der Waals surface area contributed by atoms with Crippen LogP contribution in [0.2, 0.25) is 5.02 Å². The molecule has 2 unspecified atom stereocenters. The summed E-state index contributed by atoms with van der Waals surface area (Å²) in [6.07, 6.45) is 0.881. The number of nitrogens with zero attached hydrogens (tertiary/aromatic N) is 1. The Labute approximate surface area is 136 Å². The predicted molar refractivity (Wildman–Crippen MR) is 92.2 cm³/mol. The number of halogens is 1. The Kier molecular flexibility index (Phi) is 4.08. The number of benzene rings is 2. The number of nitrogens with one attached hydrogen (secondary N) is 1. The first kappa shape index (κ1) is 14.9. The summed E-state index contributed by atoms with van der Waals surface area (Å²) in [5.74, 6) is 0.496. The summed E-state index contributed by atoms with van der Waals surface area (Å²) in [5.41, 5.74) is 11.0. The maximum Gasteiger partial charge on any atom is 0.189 e. The van der Waals surface area contributed by atoms with Crippen molar-refractivity contribution in [3.05, 3.63) is 69.7 Å². The summed E-state index contributed by atoms with van der Waals surface area (Å²) in [4.78, 5) is 4.55. The summed E-state index contributed by atoms with van der Waals surface area (Å²) in [7, 11) is 0. The molecule has 3 nitrogen and oxygen atoms in total. The van der Waals surface area contributed by atoms with Crippen LogP contribution in [-0.4, -0.2) is 5.96 Å². The van der Waals surface area contributed by atoms with Gasteiger partial charge in [-0.1, -0.05) is 47.5 Å². The lowest BCUT2D eigenvalue weighted by atomic mass is 9.91. The van der Waals surface area contributed by atoms with Gasteiger partial charge in [-0.05, 0) is 49.1 Å². The van der Waals surface area contributed by atoms with E-state index in [1.807, 2.05) is 24.3 Å². The highest BCUT2D eigenvalue weighted by atomic mass is 35.5. The van der Waals surface area contributed by atoms with Crippen LogP contribution in [-0.2, 0) is 0 Å². The van der Waals surface area contributed by atoms with Gasteiger partial charge in [0.25, 0.3) is 0 Å². The third-order valence-electron chi connectivity index (χ3n) is 4.13. The Bertz CT molecular complexity index is 707. The van der Waals surface area contributed by atoms with Crippen LogP contribution in [0.4, 0.5) is 0 Å². The number of aryl methyl sites for hydroxylation is 2. The fourth-order valence-electron chi connectivity index (χ4n) is 3.04. The van der Waals surface area contributed by atoms with Gasteiger partial charge in [0.1, 0.15) is 0 Å². The maximum absolute atomic E-state index is 6.01. The van der Waals surface area contributed by atoms with E-state index in [1.165, 1.54) is 16.7 Å². The quantitative estimate of drug-likeness (QED) is 0.879. The molecule has 0 spiro atoms. The molecule has 1 aliphatic rings. The molecule has 2 aromatic carbocycles. The highest BCUT2D eigenvalue weighted by Gasteiger charge is 2.25. The molecular weight excluding hydrogens is 294 g/mol. The van der Waals surface area contributed by atoms with E-state index in [2.05, 4.69) is 42.4 Å². The molecule has 0 fully saturated rings. The number of guanidine groups is 1. The topological polar surface area (TPSA) is 50.4 Å². The minimum atomic E-state index is 0.0595. The van der Waals surface area contributed by atoms with Gasteiger partial charge in [-0.25, -0.2) is 4.99 Å². The summed E-state index contributed by atoms with van der Waals surface area (Å²) >= 11 is 5.97. The molecule has 1 heterocycles. The van der Waals surface area contributed by atoms with Gasteiger partial charge in [-0.15, -0.1) is 0 Å². The molecule has 114 valence electrons. The molecule has 3 N–H and O–H groups in total. The van der Waals surface area contributed by atoms with E-state index < -0.39 is 0 Å². The second-order valence-corrected chi connectivity index (χ2v) is 6.31. The highest BCUT2D eigenvalue weighted by Crippen LogP contribution is 2.34. The minimum Gasteiger partial charge on any atom is -0.370 e. The lowest BCUT2D eigenvalue weighted by Crippen LogP contribution is -2.39. The number of hydrogen-bond acceptors (Lipinski definition) is 3. The lowest BCUT2D eigenvalue weighted by molar-refractivity contribution is 0.485. The van der Waals surface area contributed by atoms with Crippen molar-refractivity contribution < 1.29 is 0 Å². The molecular formula is C18H20ClN3. The lowest BCUT2D eigenvalue weighted by Gasteiger charge is -2.30. The molecule has 0 aromatic heterocycles. The van der Waals surface area contributed by atoms with Crippen LogP contribution < -0.4 is 11.1 Å². The van der Waals surface area contributed by atoms with Crippen molar-refractivity contribution in [2.24, 2.45) is 10.7 Å². The van der Waals surface area contributed by atoms with Gasteiger partial charge in [0.05, 0.1) is 12.1 Å². The largest absolute Gasteiger partial charge is 0.370 e. The fraction of sp³-hybridized carbons (Fsp3) is 0.278. The SMILES string of the molecule is Cc1ccc(C2CC(c3ccc(Cl)cc3)N=C(N)N2)c(C)c1. The molecule has 1 aliphatic heterocycles. The molecule has 22 heavy (non-hydrogen) atoms. The molecule has 3 rings (SSSR count). The Morgan fingerprint density at radius 3 is 2.55 bits per heavy atom. The van der Waals surface area contributed by atoms with Crippen molar-refractivity contribution in [1.82, 2.24) is 5.32 Å². The van der Waals surface area contributed by atoms with E-state index in [-0.39, 0.29) is 12.1 Å². The van der Waals surface area contributed by atoms with Crippen LogP contribution in [0.3, 0.4) is 0 Å². The van der Waals surface area contributed by atoms with Crippen LogP contribution >= 0.6 is 11.6 Å². The van der Waals surface area contributed by atoms with Crippen molar-refractivity contribution in [1.29, 1.82) is 0 Å². The van der Waals surface area contributed by atoms with Crippen molar-refractivity contribution in [3.8, 4) is 0 Å². The number of aliphatic imine (C=N–C) groups is 1. The molecule has 4 heteroatoms. The standard InChI is InChI=1S/C18H20ClN3/c1-11-3-8-15(12(2)9-11)17-10-16(21-18(20)22-17)13-4-6-14(19)7-5-13/h3-9,16-17H,10H2,1-2H3,(H3,20,21,22). The van der Waals surface area contributed by atoms with E-state index in [9.17, 15) is 0 Å². The highest BCUT2D eigenvalue weighted by molar-refractivity contribution is 6.30. The molecule has 0 bridgehead atoms. The number of hydrogen-bond donors (Lipinski definition) is 2. The first-order chi connectivity index (χ1) is 10.5. The maximum atomic E-state index is 6.01. The zero-order valence-electron chi connectivity index (χ0n) is 12.8. The molecule has 0 radical (unpaired) electrons. The van der Waals surface area contributed by atoms with Crippen molar-refractivity contribution in [2.45, 2.75) is 32.4 Å². The third-order valence-corrected chi connectivity index (χ3v) is 4.38. The molecule has 0 saturated heterocycles. The second kappa shape index (κ2) is 6.01. The Hall–Kier alpha value is -2.00. The van der Waals surface area contributed by atoms with Crippen LogP contribution in [0.5, 0.6) is 0 Å². The zero-order valence-corrected chi connectivity index (χ0v) is 13.6. The molecule has 0 saturated carbocycles. The molecule has 2 atom stereocenters. The predicted octanol–water partition coefficient (Wildman–Crippen LogP) is 4.05. The van der Waals surface area contributed by atoms with Gasteiger partial charge in [-0.3, -0.25) is 0 Å². The average molecular weight is 314 g/mol. The Morgan fingerprint density at radius 1 is 1.14 bits per heavy atom. The van der Waals surface area contributed by atoms with Crippen LogP contribution in [0.15, 0.2) is 47.5 Å². The number of nitrogens with two attached hydrogens (primary N) is 1. The molecule has 0 aliphatic carbocycles. The summed E-state index contributed by atoms with van der Waals surface area (Å²) < 4.78 is 0. The van der Waals surface area contributed by atoms with E-state index in [0.717, 1.165) is 17.0 Å². The summed E-state index contributed by atoms with van der Waals surface area (Å²) in [6.45, 7) is 4.25. The smallest absolute Gasteiger partial charge is 0.189 e. The summed E-state index contributed by atoms with van der Waals surface area (Å²) in [5, 5.41) is 4.04. The average Bonchev–Trinajstić information content (AvgIpc) is 2.47. The van der Waals surface area contributed by atoms with E-state index in [0.29, 0.717) is 5.96 Å². The van der Waals surface area contributed by atoms with Crippen LogP contribution in [0, 0.1) is 13.8 Å². The van der Waals surface area contributed by atoms with Crippen molar-refractivity contribution in [2.75, 3.05) is 0 Å². The van der Waals surface area contributed by atoms with Gasteiger partial charge < -0.3 is 11.1 Å².